The molecule has 0 radical (unpaired) electrons. The van der Waals surface area contributed by atoms with Crippen LogP contribution in [0.5, 0.6) is 0 Å². The first-order valence-electron chi connectivity index (χ1n) is 9.29. The van der Waals surface area contributed by atoms with E-state index >= 15 is 0 Å². The van der Waals surface area contributed by atoms with Crippen molar-refractivity contribution in [1.82, 2.24) is 9.29 Å². The van der Waals surface area contributed by atoms with Gasteiger partial charge in [-0.1, -0.05) is 26.0 Å². The predicted octanol–water partition coefficient (Wildman–Crippen LogP) is 3.01. The molecule has 1 aromatic carbocycles. The summed E-state index contributed by atoms with van der Waals surface area (Å²) in [5.74, 6) is 0.664. The Hall–Kier alpha value is -2.52. The van der Waals surface area contributed by atoms with E-state index in [9.17, 15) is 18.5 Å². The molecule has 1 unspecified atom stereocenters. The monoisotopic (exact) mass is 404 g/mol. The minimum absolute atomic E-state index is 0.0700. The first-order chi connectivity index (χ1) is 13.3. The van der Waals surface area contributed by atoms with E-state index in [2.05, 4.69) is 18.8 Å². The topological polar surface area (TPSA) is 96.7 Å². The van der Waals surface area contributed by atoms with Gasteiger partial charge < -0.3 is 4.90 Å². The van der Waals surface area contributed by atoms with Crippen molar-refractivity contribution in [3.63, 3.8) is 0 Å². The third-order valence-electron chi connectivity index (χ3n) is 5.20. The molecular formula is C19H24N4O4S. The smallest absolute Gasteiger partial charge is 0.311 e. The molecule has 1 aliphatic heterocycles. The van der Waals surface area contributed by atoms with Gasteiger partial charge in [-0.2, -0.15) is 4.31 Å². The normalized spacial score (nSPS) is 16.7. The van der Waals surface area contributed by atoms with E-state index in [0.29, 0.717) is 19.0 Å². The summed E-state index contributed by atoms with van der Waals surface area (Å²) in [6.45, 7) is 5.41. The molecule has 1 fully saturated rings. The Bertz CT molecular complexity index is 939. The second-order valence-corrected chi connectivity index (χ2v) is 8.81. The van der Waals surface area contributed by atoms with E-state index < -0.39 is 14.9 Å². The molecule has 0 bridgehead atoms. The maximum Gasteiger partial charge on any atom is 0.311 e. The van der Waals surface area contributed by atoms with Crippen LogP contribution in [0.25, 0.3) is 0 Å². The van der Waals surface area contributed by atoms with Crippen molar-refractivity contribution in [2.24, 2.45) is 0 Å². The Labute approximate surface area is 165 Å². The van der Waals surface area contributed by atoms with Gasteiger partial charge >= 0.3 is 5.69 Å². The summed E-state index contributed by atoms with van der Waals surface area (Å²) in [5.41, 5.74) is 1.05. The summed E-state index contributed by atoms with van der Waals surface area (Å²) in [7, 11) is -3.59. The molecule has 28 heavy (non-hydrogen) atoms. The number of pyridine rings is 1. The fraction of sp³-hybridized carbons (Fsp3) is 0.421. The Morgan fingerprint density at radius 3 is 2.36 bits per heavy atom. The van der Waals surface area contributed by atoms with Gasteiger partial charge in [-0.3, -0.25) is 10.1 Å². The van der Waals surface area contributed by atoms with Crippen molar-refractivity contribution in [3.8, 4) is 0 Å². The highest BCUT2D eigenvalue weighted by Gasteiger charge is 2.31. The second kappa shape index (κ2) is 8.24. The minimum atomic E-state index is -3.59. The molecule has 8 nitrogen and oxygen atoms in total. The second-order valence-electron chi connectivity index (χ2n) is 6.87. The summed E-state index contributed by atoms with van der Waals surface area (Å²) >= 11 is 0. The summed E-state index contributed by atoms with van der Waals surface area (Å²) in [6.07, 6.45) is 2.50. The van der Waals surface area contributed by atoms with Gasteiger partial charge in [-0.05, 0) is 36.1 Å². The number of aromatic nitrogens is 1. The summed E-state index contributed by atoms with van der Waals surface area (Å²) in [4.78, 5) is 16.9. The Kier molecular flexibility index (Phi) is 5.95. The molecule has 2 aromatic rings. The van der Waals surface area contributed by atoms with Gasteiger partial charge in [-0.15, -0.1) is 0 Å². The molecule has 1 aromatic heterocycles. The number of hydrogen-bond acceptors (Lipinski definition) is 6. The quantitative estimate of drug-likeness (QED) is 0.542. The van der Waals surface area contributed by atoms with Crippen LogP contribution in [-0.4, -0.2) is 48.8 Å². The first-order valence-corrected chi connectivity index (χ1v) is 10.7. The van der Waals surface area contributed by atoms with Crippen molar-refractivity contribution < 1.29 is 13.3 Å². The van der Waals surface area contributed by atoms with Crippen molar-refractivity contribution in [1.29, 1.82) is 0 Å². The van der Waals surface area contributed by atoms with E-state index in [1.54, 1.807) is 17.0 Å². The average molecular weight is 404 g/mol. The third-order valence-corrected chi connectivity index (χ3v) is 7.11. The summed E-state index contributed by atoms with van der Waals surface area (Å²) < 4.78 is 27.3. The van der Waals surface area contributed by atoms with Gasteiger partial charge in [0.2, 0.25) is 15.8 Å². The number of nitro groups is 1. The van der Waals surface area contributed by atoms with Crippen molar-refractivity contribution >= 4 is 21.5 Å². The van der Waals surface area contributed by atoms with Gasteiger partial charge in [0, 0.05) is 38.4 Å². The van der Waals surface area contributed by atoms with Gasteiger partial charge in [-0.25, -0.2) is 13.4 Å². The highest BCUT2D eigenvalue weighted by molar-refractivity contribution is 7.89. The molecule has 1 aliphatic rings. The Morgan fingerprint density at radius 1 is 1.14 bits per heavy atom. The maximum absolute atomic E-state index is 12.9. The minimum Gasteiger partial charge on any atom is -0.348 e. The standard InChI is InChI=1S/C19H24N4O4S/c1-3-15(2)16-6-8-17(9-7-16)28(26,27)22-13-11-21(12-14-22)19-18(23(24)25)5-4-10-20-19/h4-10,15H,3,11-14H2,1-2H3. The fourth-order valence-electron chi connectivity index (χ4n) is 3.27. The molecule has 0 saturated carbocycles. The van der Waals surface area contributed by atoms with Crippen LogP contribution in [0.3, 0.4) is 0 Å². The van der Waals surface area contributed by atoms with E-state index in [-0.39, 0.29) is 29.5 Å². The number of piperazine rings is 1. The third kappa shape index (κ3) is 4.00. The SMILES string of the molecule is CCC(C)c1ccc(S(=O)(=O)N2CCN(c3ncccc3[N+](=O)[O-])CC2)cc1. The summed E-state index contributed by atoms with van der Waals surface area (Å²) in [5, 5.41) is 11.2. The van der Waals surface area contributed by atoms with Gasteiger partial charge in [0.1, 0.15) is 0 Å². The molecule has 0 spiro atoms. The van der Waals surface area contributed by atoms with E-state index in [4.69, 9.17) is 0 Å². The lowest BCUT2D eigenvalue weighted by Crippen LogP contribution is -2.49. The molecule has 150 valence electrons. The number of sulfonamides is 1. The van der Waals surface area contributed by atoms with Crippen LogP contribution in [0.2, 0.25) is 0 Å². The summed E-state index contributed by atoms with van der Waals surface area (Å²) in [6, 6.07) is 9.98. The number of nitrogens with zero attached hydrogens (tertiary/aromatic N) is 4. The molecule has 0 amide bonds. The number of benzene rings is 1. The van der Waals surface area contributed by atoms with Gasteiger partial charge in [0.05, 0.1) is 9.82 Å². The largest absolute Gasteiger partial charge is 0.348 e. The predicted molar refractivity (Wildman–Crippen MR) is 107 cm³/mol. The highest BCUT2D eigenvalue weighted by atomic mass is 32.2. The maximum atomic E-state index is 12.9. The van der Waals surface area contributed by atoms with Crippen molar-refractivity contribution in [2.75, 3.05) is 31.1 Å². The lowest BCUT2D eigenvalue weighted by atomic mass is 9.99. The van der Waals surface area contributed by atoms with E-state index in [1.165, 1.54) is 22.6 Å². The zero-order valence-corrected chi connectivity index (χ0v) is 16.8. The van der Waals surface area contributed by atoms with E-state index in [1.807, 2.05) is 12.1 Å². The first kappa shape index (κ1) is 20.2. The Morgan fingerprint density at radius 2 is 1.79 bits per heavy atom. The Balaban J connectivity index is 1.73. The van der Waals surface area contributed by atoms with Crippen LogP contribution < -0.4 is 4.90 Å². The zero-order valence-electron chi connectivity index (χ0n) is 16.0. The van der Waals surface area contributed by atoms with Crippen molar-refractivity contribution in [3.05, 3.63) is 58.3 Å². The van der Waals surface area contributed by atoms with Crippen LogP contribution >= 0.6 is 0 Å². The molecule has 0 N–H and O–H groups in total. The van der Waals surface area contributed by atoms with Crippen LogP contribution in [0.15, 0.2) is 47.5 Å². The lowest BCUT2D eigenvalue weighted by Gasteiger charge is -2.34. The number of rotatable bonds is 6. The molecule has 1 saturated heterocycles. The molecule has 1 atom stereocenters. The van der Waals surface area contributed by atoms with Crippen LogP contribution in [0.4, 0.5) is 11.5 Å². The van der Waals surface area contributed by atoms with Crippen molar-refractivity contribution in [2.45, 2.75) is 31.1 Å². The highest BCUT2D eigenvalue weighted by Crippen LogP contribution is 2.27. The molecule has 3 rings (SSSR count). The molecular weight excluding hydrogens is 380 g/mol. The average Bonchev–Trinajstić information content (AvgIpc) is 2.73. The van der Waals surface area contributed by atoms with E-state index in [0.717, 1.165) is 12.0 Å². The van der Waals surface area contributed by atoms with Crippen LogP contribution in [0.1, 0.15) is 31.7 Å². The molecule has 0 aliphatic carbocycles. The van der Waals surface area contributed by atoms with Gasteiger partial charge in [0.25, 0.3) is 0 Å². The van der Waals surface area contributed by atoms with Crippen LogP contribution in [-0.2, 0) is 10.0 Å². The number of anilines is 1. The number of hydrogen-bond donors (Lipinski definition) is 0. The fourth-order valence-corrected chi connectivity index (χ4v) is 4.69. The zero-order chi connectivity index (χ0) is 20.3. The molecule has 2 heterocycles. The lowest BCUT2D eigenvalue weighted by molar-refractivity contribution is -0.384. The van der Waals surface area contributed by atoms with Crippen LogP contribution in [0, 0.1) is 10.1 Å². The molecule has 9 heteroatoms. The van der Waals surface area contributed by atoms with Gasteiger partial charge in [0.15, 0.2) is 0 Å².